The molecule has 2 amide bonds. The van der Waals surface area contributed by atoms with E-state index in [1.165, 1.54) is 0 Å². The standard InChI is InChI=1S/C25H34N2O3/c1-6-20(5)26-25(29)22(7-2)27(16-21-13-10-11-18(3)15-21)24(28)17-30-23-14-9-8-12-19(23)4/h8-15,20,22H,6-7,16-17H2,1-5H3,(H,26,29)/t20-,22-/m0/s1. The van der Waals surface area contributed by atoms with E-state index in [0.29, 0.717) is 18.7 Å². The molecule has 0 saturated heterocycles. The van der Waals surface area contributed by atoms with E-state index in [2.05, 4.69) is 5.32 Å². The lowest BCUT2D eigenvalue weighted by Crippen LogP contribution is -2.51. The molecule has 0 aliphatic heterocycles. The first-order valence-electron chi connectivity index (χ1n) is 10.7. The first-order chi connectivity index (χ1) is 14.3. The van der Waals surface area contributed by atoms with Gasteiger partial charge in [-0.2, -0.15) is 0 Å². The van der Waals surface area contributed by atoms with Crippen molar-refractivity contribution >= 4 is 11.8 Å². The zero-order valence-electron chi connectivity index (χ0n) is 18.8. The topological polar surface area (TPSA) is 58.6 Å². The van der Waals surface area contributed by atoms with Gasteiger partial charge in [0.1, 0.15) is 11.8 Å². The summed E-state index contributed by atoms with van der Waals surface area (Å²) in [5, 5.41) is 3.02. The van der Waals surface area contributed by atoms with Crippen LogP contribution in [0.25, 0.3) is 0 Å². The number of rotatable bonds is 10. The van der Waals surface area contributed by atoms with Crippen LogP contribution in [0, 0.1) is 13.8 Å². The predicted molar refractivity (Wildman–Crippen MR) is 120 cm³/mol. The second-order valence-corrected chi connectivity index (χ2v) is 7.81. The first kappa shape index (κ1) is 23.5. The van der Waals surface area contributed by atoms with Crippen molar-refractivity contribution in [1.82, 2.24) is 10.2 Å². The van der Waals surface area contributed by atoms with Crippen molar-refractivity contribution in [3.8, 4) is 5.75 Å². The molecular weight excluding hydrogens is 376 g/mol. The van der Waals surface area contributed by atoms with Crippen LogP contribution in [0.5, 0.6) is 5.75 Å². The van der Waals surface area contributed by atoms with E-state index in [9.17, 15) is 9.59 Å². The third-order valence-electron chi connectivity index (χ3n) is 5.27. The molecule has 0 aromatic heterocycles. The molecule has 5 nitrogen and oxygen atoms in total. The van der Waals surface area contributed by atoms with Crippen molar-refractivity contribution < 1.29 is 14.3 Å². The molecule has 0 aliphatic carbocycles. The predicted octanol–water partition coefficient (Wildman–Crippen LogP) is 4.40. The van der Waals surface area contributed by atoms with Gasteiger partial charge in [-0.3, -0.25) is 9.59 Å². The Kier molecular flexibility index (Phi) is 8.90. The van der Waals surface area contributed by atoms with Crippen LogP contribution < -0.4 is 10.1 Å². The molecular formula is C25H34N2O3. The Balaban J connectivity index is 2.23. The highest BCUT2D eigenvalue weighted by molar-refractivity contribution is 5.88. The number of carbonyl (C=O) groups is 2. The highest BCUT2D eigenvalue weighted by atomic mass is 16.5. The lowest BCUT2D eigenvalue weighted by Gasteiger charge is -2.31. The molecule has 0 radical (unpaired) electrons. The number of para-hydroxylation sites is 1. The Hall–Kier alpha value is -2.82. The number of ether oxygens (including phenoxy) is 1. The molecule has 0 heterocycles. The van der Waals surface area contributed by atoms with Crippen molar-refractivity contribution in [1.29, 1.82) is 0 Å². The average Bonchev–Trinajstić information content (AvgIpc) is 2.72. The summed E-state index contributed by atoms with van der Waals surface area (Å²) in [6.45, 7) is 10.1. The van der Waals surface area contributed by atoms with E-state index in [4.69, 9.17) is 4.74 Å². The second kappa shape index (κ2) is 11.4. The molecule has 0 unspecified atom stereocenters. The number of hydrogen-bond acceptors (Lipinski definition) is 3. The molecule has 1 N–H and O–H groups in total. The van der Waals surface area contributed by atoms with Gasteiger partial charge < -0.3 is 15.0 Å². The smallest absolute Gasteiger partial charge is 0.261 e. The molecule has 2 rings (SSSR count). The number of nitrogens with zero attached hydrogens (tertiary/aromatic N) is 1. The molecule has 2 atom stereocenters. The third-order valence-corrected chi connectivity index (χ3v) is 5.27. The van der Waals surface area contributed by atoms with E-state index < -0.39 is 6.04 Å². The number of amides is 2. The Morgan fingerprint density at radius 3 is 2.40 bits per heavy atom. The van der Waals surface area contributed by atoms with Gasteiger partial charge in [0.05, 0.1) is 0 Å². The molecule has 0 aliphatic rings. The van der Waals surface area contributed by atoms with Crippen molar-refractivity contribution in [2.75, 3.05) is 6.61 Å². The van der Waals surface area contributed by atoms with Crippen LogP contribution in [0.1, 0.15) is 50.3 Å². The lowest BCUT2D eigenvalue weighted by molar-refractivity contribution is -0.143. The van der Waals surface area contributed by atoms with Crippen LogP contribution >= 0.6 is 0 Å². The van der Waals surface area contributed by atoms with Crippen LogP contribution in [-0.4, -0.2) is 35.4 Å². The summed E-state index contributed by atoms with van der Waals surface area (Å²) in [5.41, 5.74) is 3.08. The summed E-state index contributed by atoms with van der Waals surface area (Å²) < 4.78 is 5.79. The van der Waals surface area contributed by atoms with E-state index >= 15 is 0 Å². The highest BCUT2D eigenvalue weighted by Gasteiger charge is 2.29. The van der Waals surface area contributed by atoms with Crippen LogP contribution in [0.3, 0.4) is 0 Å². The quantitative estimate of drug-likeness (QED) is 0.631. The number of benzene rings is 2. The lowest BCUT2D eigenvalue weighted by atomic mass is 10.1. The fourth-order valence-electron chi connectivity index (χ4n) is 3.31. The fourth-order valence-corrected chi connectivity index (χ4v) is 3.31. The van der Waals surface area contributed by atoms with Gasteiger partial charge in [0, 0.05) is 12.6 Å². The molecule has 2 aromatic rings. The number of nitrogens with one attached hydrogen (secondary N) is 1. The van der Waals surface area contributed by atoms with Crippen molar-refractivity contribution in [3.63, 3.8) is 0 Å². The SMILES string of the molecule is CC[C@H](C)NC(=O)[C@H](CC)N(Cc1cccc(C)c1)C(=O)COc1ccccc1C. The normalized spacial score (nSPS) is 12.7. The molecule has 2 aromatic carbocycles. The molecule has 0 bridgehead atoms. The molecule has 0 fully saturated rings. The van der Waals surface area contributed by atoms with Gasteiger partial charge in [0.2, 0.25) is 5.91 Å². The Bertz CT molecular complexity index is 850. The average molecular weight is 411 g/mol. The van der Waals surface area contributed by atoms with E-state index in [0.717, 1.165) is 23.1 Å². The molecule has 5 heteroatoms. The summed E-state index contributed by atoms with van der Waals surface area (Å²) in [7, 11) is 0. The molecule has 0 saturated carbocycles. The minimum atomic E-state index is -0.549. The van der Waals surface area contributed by atoms with Crippen molar-refractivity contribution in [3.05, 3.63) is 65.2 Å². The Labute approximate surface area is 180 Å². The van der Waals surface area contributed by atoms with Gasteiger partial charge in [-0.25, -0.2) is 0 Å². The fraction of sp³-hybridized carbons (Fsp3) is 0.440. The Morgan fingerprint density at radius 1 is 1.03 bits per heavy atom. The minimum Gasteiger partial charge on any atom is -0.484 e. The Morgan fingerprint density at radius 2 is 1.77 bits per heavy atom. The zero-order valence-corrected chi connectivity index (χ0v) is 18.8. The first-order valence-corrected chi connectivity index (χ1v) is 10.7. The number of aryl methyl sites for hydroxylation is 2. The maximum absolute atomic E-state index is 13.2. The van der Waals surface area contributed by atoms with E-state index in [-0.39, 0.29) is 24.5 Å². The molecule has 30 heavy (non-hydrogen) atoms. The van der Waals surface area contributed by atoms with Crippen molar-refractivity contribution in [2.45, 2.75) is 66.1 Å². The zero-order chi connectivity index (χ0) is 22.1. The number of carbonyl (C=O) groups excluding carboxylic acids is 2. The second-order valence-electron chi connectivity index (χ2n) is 7.81. The van der Waals surface area contributed by atoms with Gasteiger partial charge in [0.25, 0.3) is 5.91 Å². The van der Waals surface area contributed by atoms with Gasteiger partial charge in [0.15, 0.2) is 6.61 Å². The monoisotopic (exact) mass is 410 g/mol. The van der Waals surface area contributed by atoms with E-state index in [1.807, 2.05) is 83.1 Å². The summed E-state index contributed by atoms with van der Waals surface area (Å²) in [6.07, 6.45) is 1.37. The summed E-state index contributed by atoms with van der Waals surface area (Å²) in [6, 6.07) is 15.1. The van der Waals surface area contributed by atoms with Gasteiger partial charge in [-0.1, -0.05) is 61.9 Å². The van der Waals surface area contributed by atoms with Crippen LogP contribution in [0.2, 0.25) is 0 Å². The minimum absolute atomic E-state index is 0.0608. The summed E-state index contributed by atoms with van der Waals surface area (Å²) in [5.74, 6) is 0.355. The highest BCUT2D eigenvalue weighted by Crippen LogP contribution is 2.18. The third kappa shape index (κ3) is 6.61. The molecule has 0 spiro atoms. The maximum atomic E-state index is 13.2. The van der Waals surface area contributed by atoms with Crippen LogP contribution in [0.4, 0.5) is 0 Å². The summed E-state index contributed by atoms with van der Waals surface area (Å²) >= 11 is 0. The van der Waals surface area contributed by atoms with Gasteiger partial charge in [-0.05, 0) is 50.8 Å². The van der Waals surface area contributed by atoms with Gasteiger partial charge in [-0.15, -0.1) is 0 Å². The van der Waals surface area contributed by atoms with Gasteiger partial charge >= 0.3 is 0 Å². The number of hydrogen-bond donors (Lipinski definition) is 1. The van der Waals surface area contributed by atoms with Crippen molar-refractivity contribution in [2.24, 2.45) is 0 Å². The van der Waals surface area contributed by atoms with E-state index in [1.54, 1.807) is 4.90 Å². The maximum Gasteiger partial charge on any atom is 0.261 e. The molecule has 162 valence electrons. The van der Waals surface area contributed by atoms with Crippen LogP contribution in [0.15, 0.2) is 48.5 Å². The largest absolute Gasteiger partial charge is 0.484 e. The summed E-state index contributed by atoms with van der Waals surface area (Å²) in [4.78, 5) is 27.8. The van der Waals surface area contributed by atoms with Crippen LogP contribution in [-0.2, 0) is 16.1 Å².